The topological polar surface area (TPSA) is 66.6 Å². The molecule has 4 nitrogen and oxygen atoms in total. The number of benzene rings is 1. The number of carbonyl (C=O) groups is 1. The van der Waals surface area contributed by atoms with E-state index in [1.165, 1.54) is 0 Å². The largest absolute Gasteiger partial charge is 0.385 e. The Kier molecular flexibility index (Phi) is 3.90. The van der Waals surface area contributed by atoms with Crippen molar-refractivity contribution in [2.45, 2.75) is 18.4 Å². The van der Waals surface area contributed by atoms with Crippen molar-refractivity contribution in [1.82, 2.24) is 4.90 Å². The van der Waals surface area contributed by atoms with Crippen LogP contribution in [0.4, 0.5) is 0 Å². The fraction of sp³-hybridized carbons (Fsp3) is 0.462. The first-order valence-electron chi connectivity index (χ1n) is 6.01. The van der Waals surface area contributed by atoms with Crippen LogP contribution in [0.25, 0.3) is 0 Å². The van der Waals surface area contributed by atoms with Gasteiger partial charge >= 0.3 is 0 Å². The van der Waals surface area contributed by atoms with Crippen LogP contribution in [0, 0.1) is 0 Å². The van der Waals surface area contributed by atoms with Crippen LogP contribution >= 0.6 is 11.6 Å². The Hall–Kier alpha value is -1.10. The molecule has 1 fully saturated rings. The lowest BCUT2D eigenvalue weighted by Crippen LogP contribution is -2.47. The molecule has 0 aromatic heterocycles. The second-order valence-electron chi connectivity index (χ2n) is 4.62. The van der Waals surface area contributed by atoms with Crippen molar-refractivity contribution < 1.29 is 9.90 Å². The molecule has 0 radical (unpaired) electrons. The van der Waals surface area contributed by atoms with E-state index >= 15 is 0 Å². The van der Waals surface area contributed by atoms with Crippen LogP contribution in [0.1, 0.15) is 18.4 Å². The lowest BCUT2D eigenvalue weighted by atomic mass is 9.84. The van der Waals surface area contributed by atoms with Crippen molar-refractivity contribution in [2.24, 2.45) is 5.73 Å². The van der Waals surface area contributed by atoms with Crippen molar-refractivity contribution in [1.29, 1.82) is 0 Å². The zero-order chi connectivity index (χ0) is 13.2. The van der Waals surface area contributed by atoms with Gasteiger partial charge in [0, 0.05) is 18.1 Å². The molecule has 1 aliphatic rings. The molecule has 18 heavy (non-hydrogen) atoms. The monoisotopic (exact) mass is 268 g/mol. The van der Waals surface area contributed by atoms with Gasteiger partial charge in [-0.3, -0.25) is 4.79 Å². The molecule has 0 spiro atoms. The summed E-state index contributed by atoms with van der Waals surface area (Å²) in [5.74, 6) is -0.0619. The summed E-state index contributed by atoms with van der Waals surface area (Å²) in [6.45, 7) is 1.10. The van der Waals surface area contributed by atoms with Crippen molar-refractivity contribution in [3.8, 4) is 0 Å². The molecule has 1 aromatic rings. The first-order valence-corrected chi connectivity index (χ1v) is 6.39. The average Bonchev–Trinajstić information content (AvgIpc) is 2.39. The van der Waals surface area contributed by atoms with Gasteiger partial charge in [0.2, 0.25) is 5.91 Å². The standard InChI is InChI=1S/C13H17ClN2O2/c14-11-3-1-10(2-4-11)13(18)5-7-16(8-6-13)12(17)9-15/h1-4,18H,5-9,15H2. The van der Waals surface area contributed by atoms with Gasteiger partial charge in [0.05, 0.1) is 12.1 Å². The van der Waals surface area contributed by atoms with Crippen LogP contribution < -0.4 is 5.73 Å². The fourth-order valence-electron chi connectivity index (χ4n) is 2.30. The molecule has 98 valence electrons. The normalized spacial score (nSPS) is 18.7. The smallest absolute Gasteiger partial charge is 0.236 e. The number of hydrogen-bond donors (Lipinski definition) is 2. The van der Waals surface area contributed by atoms with Crippen LogP contribution in [-0.2, 0) is 10.4 Å². The minimum absolute atomic E-state index is 0.0272. The molecule has 0 unspecified atom stereocenters. The van der Waals surface area contributed by atoms with E-state index in [0.29, 0.717) is 31.0 Å². The van der Waals surface area contributed by atoms with E-state index in [0.717, 1.165) is 5.56 Å². The number of nitrogens with zero attached hydrogens (tertiary/aromatic N) is 1. The van der Waals surface area contributed by atoms with Crippen LogP contribution in [-0.4, -0.2) is 35.5 Å². The maximum atomic E-state index is 11.5. The van der Waals surface area contributed by atoms with E-state index in [9.17, 15) is 9.90 Å². The predicted molar refractivity (Wildman–Crippen MR) is 70.2 cm³/mol. The van der Waals surface area contributed by atoms with Gasteiger partial charge in [0.25, 0.3) is 0 Å². The Morgan fingerprint density at radius 2 is 1.89 bits per heavy atom. The molecule has 1 amide bonds. The van der Waals surface area contributed by atoms with Gasteiger partial charge < -0.3 is 15.7 Å². The summed E-state index contributed by atoms with van der Waals surface area (Å²) in [6, 6.07) is 7.21. The summed E-state index contributed by atoms with van der Waals surface area (Å²) in [5.41, 5.74) is 5.32. The summed E-state index contributed by atoms with van der Waals surface area (Å²) in [5, 5.41) is 11.2. The molecule has 0 aliphatic carbocycles. The highest BCUT2D eigenvalue weighted by atomic mass is 35.5. The highest BCUT2D eigenvalue weighted by Gasteiger charge is 2.34. The van der Waals surface area contributed by atoms with Gasteiger partial charge in [-0.2, -0.15) is 0 Å². The third-order valence-electron chi connectivity index (χ3n) is 3.50. The Morgan fingerprint density at radius 3 is 2.39 bits per heavy atom. The van der Waals surface area contributed by atoms with Gasteiger partial charge in [-0.15, -0.1) is 0 Å². The SMILES string of the molecule is NCC(=O)N1CCC(O)(c2ccc(Cl)cc2)CC1. The summed E-state index contributed by atoms with van der Waals surface area (Å²) < 4.78 is 0. The van der Waals surface area contributed by atoms with Crippen molar-refractivity contribution in [3.63, 3.8) is 0 Å². The second kappa shape index (κ2) is 5.26. The summed E-state index contributed by atoms with van der Waals surface area (Å²) in [6.07, 6.45) is 1.06. The third-order valence-corrected chi connectivity index (χ3v) is 3.75. The summed E-state index contributed by atoms with van der Waals surface area (Å²) in [4.78, 5) is 13.2. The Balaban J connectivity index is 2.07. The third kappa shape index (κ3) is 2.66. The van der Waals surface area contributed by atoms with Crippen molar-refractivity contribution in [2.75, 3.05) is 19.6 Å². The Labute approximate surface area is 111 Å². The minimum atomic E-state index is -0.865. The van der Waals surface area contributed by atoms with Gasteiger partial charge in [0.1, 0.15) is 0 Å². The van der Waals surface area contributed by atoms with Gasteiger partial charge in [-0.25, -0.2) is 0 Å². The first-order chi connectivity index (χ1) is 8.55. The highest BCUT2D eigenvalue weighted by Crippen LogP contribution is 2.33. The number of hydrogen-bond acceptors (Lipinski definition) is 3. The zero-order valence-corrected chi connectivity index (χ0v) is 10.9. The number of rotatable bonds is 2. The average molecular weight is 269 g/mol. The molecule has 0 atom stereocenters. The van der Waals surface area contributed by atoms with Crippen molar-refractivity contribution >= 4 is 17.5 Å². The second-order valence-corrected chi connectivity index (χ2v) is 5.06. The molecule has 0 bridgehead atoms. The molecule has 1 saturated heterocycles. The number of aliphatic hydroxyl groups is 1. The zero-order valence-electron chi connectivity index (χ0n) is 10.1. The first kappa shape index (κ1) is 13.3. The van der Waals surface area contributed by atoms with Crippen LogP contribution in [0.3, 0.4) is 0 Å². The molecule has 1 aromatic carbocycles. The van der Waals surface area contributed by atoms with E-state index < -0.39 is 5.60 Å². The van der Waals surface area contributed by atoms with E-state index in [4.69, 9.17) is 17.3 Å². The van der Waals surface area contributed by atoms with Gasteiger partial charge in [-0.05, 0) is 30.5 Å². The summed E-state index contributed by atoms with van der Waals surface area (Å²) >= 11 is 5.83. The number of likely N-dealkylation sites (tertiary alicyclic amines) is 1. The predicted octanol–water partition coefficient (Wildman–Crippen LogP) is 1.11. The fourth-order valence-corrected chi connectivity index (χ4v) is 2.43. The molecule has 1 aliphatic heterocycles. The molecule has 0 saturated carbocycles. The number of piperidine rings is 1. The van der Waals surface area contributed by atoms with Crippen LogP contribution in [0.2, 0.25) is 5.02 Å². The Bertz CT molecular complexity index is 425. The van der Waals surface area contributed by atoms with Crippen LogP contribution in [0.15, 0.2) is 24.3 Å². The Morgan fingerprint density at radius 1 is 1.33 bits per heavy atom. The molecule has 2 rings (SSSR count). The molecule has 5 heteroatoms. The van der Waals surface area contributed by atoms with E-state index in [1.54, 1.807) is 17.0 Å². The highest BCUT2D eigenvalue weighted by molar-refractivity contribution is 6.30. The maximum Gasteiger partial charge on any atom is 0.236 e. The molecule has 3 N–H and O–H groups in total. The maximum absolute atomic E-state index is 11.5. The number of amides is 1. The van der Waals surface area contributed by atoms with E-state index in [2.05, 4.69) is 0 Å². The lowest BCUT2D eigenvalue weighted by molar-refractivity contribution is -0.134. The van der Waals surface area contributed by atoms with Crippen molar-refractivity contribution in [3.05, 3.63) is 34.9 Å². The number of nitrogens with two attached hydrogens (primary N) is 1. The minimum Gasteiger partial charge on any atom is -0.385 e. The van der Waals surface area contributed by atoms with Gasteiger partial charge in [0.15, 0.2) is 0 Å². The summed E-state index contributed by atoms with van der Waals surface area (Å²) in [7, 11) is 0. The van der Waals surface area contributed by atoms with Gasteiger partial charge in [-0.1, -0.05) is 23.7 Å². The molecular weight excluding hydrogens is 252 g/mol. The van der Waals surface area contributed by atoms with Crippen LogP contribution in [0.5, 0.6) is 0 Å². The molecule has 1 heterocycles. The molecular formula is C13H17ClN2O2. The van der Waals surface area contributed by atoms with E-state index in [-0.39, 0.29) is 12.5 Å². The number of halogens is 1. The number of carbonyl (C=O) groups excluding carboxylic acids is 1. The lowest BCUT2D eigenvalue weighted by Gasteiger charge is -2.38. The quantitative estimate of drug-likeness (QED) is 0.844. The van der Waals surface area contributed by atoms with E-state index in [1.807, 2.05) is 12.1 Å².